The number of hydrogen-bond donors (Lipinski definition) is 2. The maximum atomic E-state index is 11.2. The third-order valence-corrected chi connectivity index (χ3v) is 4.93. The molecule has 6 heteroatoms. The number of halogens is 1. The molecule has 0 spiro atoms. The minimum absolute atomic E-state index is 0.0558. The number of nitrogens with zero attached hydrogens (tertiary/aromatic N) is 1. The van der Waals surface area contributed by atoms with Crippen molar-refractivity contribution in [1.82, 2.24) is 4.98 Å². The van der Waals surface area contributed by atoms with Gasteiger partial charge in [-0.05, 0) is 30.2 Å². The van der Waals surface area contributed by atoms with Crippen LogP contribution in [0.2, 0.25) is 5.02 Å². The van der Waals surface area contributed by atoms with E-state index in [1.54, 1.807) is 12.1 Å². The second-order valence-corrected chi connectivity index (χ2v) is 7.07. The standard InChI is InChI=1S/C19H17ClN2O2S/c1-2-12-6-8-13(9-7-12)18-16(11-17(23)24)25-19(22-18)21-15-5-3-4-14(20)10-15/h3-10H,2,11H2,1H3,(H,21,22)(H,23,24). The Morgan fingerprint density at radius 3 is 2.64 bits per heavy atom. The number of anilines is 2. The number of carbonyl (C=O) groups is 1. The molecule has 2 N–H and O–H groups in total. The number of thiazole rings is 1. The smallest absolute Gasteiger partial charge is 0.308 e. The van der Waals surface area contributed by atoms with Crippen molar-refractivity contribution in [3.63, 3.8) is 0 Å². The fourth-order valence-corrected chi connectivity index (χ4v) is 3.66. The van der Waals surface area contributed by atoms with Crippen molar-refractivity contribution in [2.45, 2.75) is 19.8 Å². The summed E-state index contributed by atoms with van der Waals surface area (Å²) in [7, 11) is 0. The number of aryl methyl sites for hydroxylation is 1. The molecule has 128 valence electrons. The fourth-order valence-electron chi connectivity index (χ4n) is 2.48. The van der Waals surface area contributed by atoms with Gasteiger partial charge in [-0.2, -0.15) is 0 Å². The summed E-state index contributed by atoms with van der Waals surface area (Å²) in [6, 6.07) is 15.4. The molecule has 0 aliphatic carbocycles. The quantitative estimate of drug-likeness (QED) is 0.608. The lowest BCUT2D eigenvalue weighted by molar-refractivity contribution is -0.136. The number of nitrogens with one attached hydrogen (secondary N) is 1. The Hall–Kier alpha value is -2.37. The van der Waals surface area contributed by atoms with E-state index in [4.69, 9.17) is 11.6 Å². The molecular formula is C19H17ClN2O2S. The van der Waals surface area contributed by atoms with E-state index in [9.17, 15) is 9.90 Å². The van der Waals surface area contributed by atoms with Gasteiger partial charge in [-0.3, -0.25) is 4.79 Å². The monoisotopic (exact) mass is 372 g/mol. The Balaban J connectivity index is 1.95. The Morgan fingerprint density at radius 2 is 2.00 bits per heavy atom. The molecule has 2 aromatic carbocycles. The van der Waals surface area contributed by atoms with Crippen molar-refractivity contribution in [3.8, 4) is 11.3 Å². The zero-order chi connectivity index (χ0) is 17.8. The van der Waals surface area contributed by atoms with E-state index in [0.717, 1.165) is 22.5 Å². The van der Waals surface area contributed by atoms with Crippen LogP contribution in [0.1, 0.15) is 17.4 Å². The molecule has 0 saturated carbocycles. The molecule has 4 nitrogen and oxygen atoms in total. The number of aromatic nitrogens is 1. The highest BCUT2D eigenvalue weighted by atomic mass is 35.5. The van der Waals surface area contributed by atoms with Crippen molar-refractivity contribution in [2.75, 3.05) is 5.32 Å². The van der Waals surface area contributed by atoms with Crippen LogP contribution in [0.4, 0.5) is 10.8 Å². The van der Waals surface area contributed by atoms with Gasteiger partial charge in [0.25, 0.3) is 0 Å². The van der Waals surface area contributed by atoms with Crippen molar-refractivity contribution in [3.05, 3.63) is 64.0 Å². The third-order valence-electron chi connectivity index (χ3n) is 3.72. The molecule has 0 bridgehead atoms. The first-order chi connectivity index (χ1) is 12.0. The van der Waals surface area contributed by atoms with Crippen LogP contribution >= 0.6 is 22.9 Å². The molecule has 0 radical (unpaired) electrons. The lowest BCUT2D eigenvalue weighted by atomic mass is 10.1. The van der Waals surface area contributed by atoms with Gasteiger partial charge in [-0.25, -0.2) is 4.98 Å². The molecule has 0 saturated heterocycles. The predicted molar refractivity (Wildman–Crippen MR) is 103 cm³/mol. The van der Waals surface area contributed by atoms with Gasteiger partial charge in [0.2, 0.25) is 0 Å². The largest absolute Gasteiger partial charge is 0.481 e. The van der Waals surface area contributed by atoms with Crippen molar-refractivity contribution in [1.29, 1.82) is 0 Å². The molecule has 0 amide bonds. The maximum absolute atomic E-state index is 11.2. The van der Waals surface area contributed by atoms with Crippen LogP contribution in [0.25, 0.3) is 11.3 Å². The Labute approximate surface area is 155 Å². The molecule has 0 fully saturated rings. The number of carboxylic acid groups (broad SMARTS) is 1. The Morgan fingerprint density at radius 1 is 1.24 bits per heavy atom. The number of hydrogen-bond acceptors (Lipinski definition) is 4. The summed E-state index contributed by atoms with van der Waals surface area (Å²) in [5, 5.41) is 13.7. The summed E-state index contributed by atoms with van der Waals surface area (Å²) >= 11 is 7.35. The molecule has 3 rings (SSSR count). The Bertz CT molecular complexity index is 891. The first-order valence-corrected chi connectivity index (χ1v) is 9.08. The second kappa shape index (κ2) is 7.68. The van der Waals surface area contributed by atoms with Crippen LogP contribution in [0.15, 0.2) is 48.5 Å². The highest BCUT2D eigenvalue weighted by Gasteiger charge is 2.16. The summed E-state index contributed by atoms with van der Waals surface area (Å²) in [4.78, 5) is 16.5. The van der Waals surface area contributed by atoms with Crippen LogP contribution < -0.4 is 5.32 Å². The summed E-state index contributed by atoms with van der Waals surface area (Å²) in [6.07, 6.45) is 0.903. The van der Waals surface area contributed by atoms with Crippen molar-refractivity contribution < 1.29 is 9.90 Å². The lowest BCUT2D eigenvalue weighted by Gasteiger charge is -2.03. The molecule has 1 heterocycles. The van der Waals surface area contributed by atoms with E-state index in [2.05, 4.69) is 17.2 Å². The van der Waals surface area contributed by atoms with E-state index in [0.29, 0.717) is 15.8 Å². The zero-order valence-electron chi connectivity index (χ0n) is 13.6. The van der Waals surface area contributed by atoms with Gasteiger partial charge in [-0.1, -0.05) is 48.9 Å². The van der Waals surface area contributed by atoms with E-state index in [-0.39, 0.29) is 6.42 Å². The van der Waals surface area contributed by atoms with Crippen LogP contribution in [-0.4, -0.2) is 16.1 Å². The van der Waals surface area contributed by atoms with Crippen molar-refractivity contribution >= 4 is 39.7 Å². The SMILES string of the molecule is CCc1ccc(-c2nc(Nc3cccc(Cl)c3)sc2CC(=O)O)cc1. The van der Waals surface area contributed by atoms with Crippen LogP contribution in [0, 0.1) is 0 Å². The van der Waals surface area contributed by atoms with Gasteiger partial charge >= 0.3 is 5.97 Å². The van der Waals surface area contributed by atoms with E-state index < -0.39 is 5.97 Å². The van der Waals surface area contributed by atoms with Gasteiger partial charge in [0.05, 0.1) is 12.1 Å². The summed E-state index contributed by atoms with van der Waals surface area (Å²) in [6.45, 7) is 2.10. The summed E-state index contributed by atoms with van der Waals surface area (Å²) in [5.74, 6) is -0.871. The number of rotatable bonds is 6. The normalized spacial score (nSPS) is 10.6. The molecule has 0 unspecified atom stereocenters. The molecule has 0 aliphatic rings. The minimum atomic E-state index is -0.871. The average Bonchev–Trinajstić information content (AvgIpc) is 2.96. The molecular weight excluding hydrogens is 356 g/mol. The minimum Gasteiger partial charge on any atom is -0.481 e. The molecule has 0 atom stereocenters. The van der Waals surface area contributed by atoms with Crippen LogP contribution in [0.5, 0.6) is 0 Å². The topological polar surface area (TPSA) is 62.2 Å². The number of carboxylic acids is 1. The van der Waals surface area contributed by atoms with Crippen molar-refractivity contribution in [2.24, 2.45) is 0 Å². The van der Waals surface area contributed by atoms with Crippen LogP contribution in [-0.2, 0) is 17.6 Å². The van der Waals surface area contributed by atoms with Crippen LogP contribution in [0.3, 0.4) is 0 Å². The molecule has 0 aliphatic heterocycles. The fraction of sp³-hybridized carbons (Fsp3) is 0.158. The third kappa shape index (κ3) is 4.38. The van der Waals surface area contributed by atoms with E-state index in [1.165, 1.54) is 16.9 Å². The zero-order valence-corrected chi connectivity index (χ0v) is 15.2. The first kappa shape index (κ1) is 17.5. The van der Waals surface area contributed by atoms with Gasteiger partial charge in [0, 0.05) is 21.2 Å². The maximum Gasteiger partial charge on any atom is 0.308 e. The first-order valence-electron chi connectivity index (χ1n) is 7.88. The summed E-state index contributed by atoms with van der Waals surface area (Å²) < 4.78 is 0. The number of aliphatic carboxylic acids is 1. The average molecular weight is 373 g/mol. The van der Waals surface area contributed by atoms with E-state index in [1.807, 2.05) is 36.4 Å². The van der Waals surface area contributed by atoms with Gasteiger partial charge < -0.3 is 10.4 Å². The number of benzene rings is 2. The lowest BCUT2D eigenvalue weighted by Crippen LogP contribution is -1.99. The van der Waals surface area contributed by atoms with Gasteiger partial charge in [0.1, 0.15) is 0 Å². The highest BCUT2D eigenvalue weighted by molar-refractivity contribution is 7.16. The highest BCUT2D eigenvalue weighted by Crippen LogP contribution is 2.33. The van der Waals surface area contributed by atoms with Gasteiger partial charge in [-0.15, -0.1) is 11.3 Å². The Kier molecular flexibility index (Phi) is 5.36. The summed E-state index contributed by atoms with van der Waals surface area (Å²) in [5.41, 5.74) is 3.68. The molecule has 25 heavy (non-hydrogen) atoms. The predicted octanol–water partition coefficient (Wildman–Crippen LogP) is 5.40. The molecule has 1 aromatic heterocycles. The van der Waals surface area contributed by atoms with Gasteiger partial charge in [0.15, 0.2) is 5.13 Å². The second-order valence-electron chi connectivity index (χ2n) is 5.55. The molecule has 3 aromatic rings. The van der Waals surface area contributed by atoms with E-state index >= 15 is 0 Å².